The van der Waals surface area contributed by atoms with Gasteiger partial charge >= 0.3 is 0 Å². The van der Waals surface area contributed by atoms with Crippen molar-refractivity contribution in [3.63, 3.8) is 0 Å². The second kappa shape index (κ2) is 4.99. The predicted molar refractivity (Wildman–Crippen MR) is 67.1 cm³/mol. The summed E-state index contributed by atoms with van der Waals surface area (Å²) in [6.07, 6.45) is 7.85. The van der Waals surface area contributed by atoms with Gasteiger partial charge in [-0.2, -0.15) is 0 Å². The molecular weight excluding hydrogens is 238 g/mol. The molecule has 0 amide bonds. The van der Waals surface area contributed by atoms with E-state index in [2.05, 4.69) is 0 Å². The van der Waals surface area contributed by atoms with Crippen molar-refractivity contribution in [3.8, 4) is 0 Å². The van der Waals surface area contributed by atoms with E-state index in [0.717, 1.165) is 5.06 Å². The van der Waals surface area contributed by atoms with Crippen LogP contribution in [0.25, 0.3) is 0 Å². The number of anilines is 1. The first-order valence-electron chi connectivity index (χ1n) is 5.01. The molecule has 1 N–H and O–H groups in total. The third-order valence-electron chi connectivity index (χ3n) is 2.27. The van der Waals surface area contributed by atoms with Crippen LogP contribution in [0.3, 0.4) is 0 Å². The molecular formula is C13H10ClNO2. The molecule has 0 radical (unpaired) electrons. The minimum Gasteiger partial charge on any atom is -0.289 e. The molecule has 0 fully saturated rings. The highest BCUT2D eigenvalue weighted by molar-refractivity contribution is 6.30. The van der Waals surface area contributed by atoms with Gasteiger partial charge in [-0.1, -0.05) is 23.8 Å². The zero-order valence-electron chi connectivity index (χ0n) is 8.88. The standard InChI is InChI=1S/C13H10ClNO2/c14-11-5-7-12(8-6-11)15(17)9-10-3-1-2-4-13(10)16/h1-9,17H/b10-9+. The topological polar surface area (TPSA) is 40.5 Å². The van der Waals surface area contributed by atoms with Crippen LogP contribution in [0, 0.1) is 0 Å². The molecule has 0 aliphatic heterocycles. The lowest BCUT2D eigenvalue weighted by Crippen LogP contribution is -2.12. The Bertz CT molecular complexity index is 515. The van der Waals surface area contributed by atoms with Crippen LogP contribution < -0.4 is 5.06 Å². The van der Waals surface area contributed by atoms with E-state index in [1.54, 1.807) is 42.5 Å². The molecule has 1 aromatic carbocycles. The first-order valence-corrected chi connectivity index (χ1v) is 5.39. The number of allylic oxidation sites excluding steroid dienone is 5. The van der Waals surface area contributed by atoms with Crippen LogP contribution in [0.15, 0.2) is 60.3 Å². The molecule has 0 bridgehead atoms. The Morgan fingerprint density at radius 1 is 1.12 bits per heavy atom. The van der Waals surface area contributed by atoms with Crippen molar-refractivity contribution >= 4 is 23.1 Å². The molecule has 2 rings (SSSR count). The highest BCUT2D eigenvalue weighted by atomic mass is 35.5. The van der Waals surface area contributed by atoms with E-state index in [1.165, 1.54) is 12.3 Å². The van der Waals surface area contributed by atoms with Crippen molar-refractivity contribution in [2.45, 2.75) is 0 Å². The molecule has 0 atom stereocenters. The van der Waals surface area contributed by atoms with E-state index in [4.69, 9.17) is 11.6 Å². The zero-order chi connectivity index (χ0) is 12.3. The average molecular weight is 248 g/mol. The summed E-state index contributed by atoms with van der Waals surface area (Å²) in [5, 5.41) is 11.3. The monoisotopic (exact) mass is 247 g/mol. The summed E-state index contributed by atoms with van der Waals surface area (Å²) in [5.41, 5.74) is 0.961. The van der Waals surface area contributed by atoms with Gasteiger partial charge in [0.25, 0.3) is 0 Å². The van der Waals surface area contributed by atoms with Crippen LogP contribution in [0.1, 0.15) is 0 Å². The van der Waals surface area contributed by atoms with Gasteiger partial charge in [0.1, 0.15) is 0 Å². The number of nitrogens with zero attached hydrogens (tertiary/aromatic N) is 1. The Morgan fingerprint density at radius 2 is 1.76 bits per heavy atom. The van der Waals surface area contributed by atoms with Gasteiger partial charge in [0.05, 0.1) is 5.69 Å². The summed E-state index contributed by atoms with van der Waals surface area (Å²) in [7, 11) is 0. The first-order chi connectivity index (χ1) is 8.16. The van der Waals surface area contributed by atoms with E-state index >= 15 is 0 Å². The Hall–Kier alpha value is -1.84. The smallest absolute Gasteiger partial charge is 0.187 e. The van der Waals surface area contributed by atoms with Gasteiger partial charge in [0.15, 0.2) is 5.78 Å². The molecule has 1 aliphatic rings. The third-order valence-corrected chi connectivity index (χ3v) is 2.52. The molecule has 0 aromatic heterocycles. The fourth-order valence-electron chi connectivity index (χ4n) is 1.39. The maximum Gasteiger partial charge on any atom is 0.187 e. The molecule has 0 heterocycles. The lowest BCUT2D eigenvalue weighted by Gasteiger charge is -2.13. The summed E-state index contributed by atoms with van der Waals surface area (Å²) in [6, 6.07) is 6.65. The quantitative estimate of drug-likeness (QED) is 0.645. The molecule has 1 aromatic rings. The molecule has 86 valence electrons. The number of hydroxylamine groups is 1. The van der Waals surface area contributed by atoms with Crippen molar-refractivity contribution in [1.29, 1.82) is 0 Å². The van der Waals surface area contributed by atoms with Crippen molar-refractivity contribution in [1.82, 2.24) is 0 Å². The van der Waals surface area contributed by atoms with Crippen LogP contribution in [0.2, 0.25) is 5.02 Å². The zero-order valence-corrected chi connectivity index (χ0v) is 9.63. The maximum atomic E-state index is 11.4. The van der Waals surface area contributed by atoms with Crippen molar-refractivity contribution in [3.05, 3.63) is 65.4 Å². The first kappa shape index (κ1) is 11.6. The number of hydrogen-bond donors (Lipinski definition) is 1. The van der Waals surface area contributed by atoms with E-state index in [0.29, 0.717) is 16.3 Å². The van der Waals surface area contributed by atoms with E-state index in [9.17, 15) is 10.0 Å². The number of hydrogen-bond acceptors (Lipinski definition) is 3. The van der Waals surface area contributed by atoms with Crippen molar-refractivity contribution < 1.29 is 10.0 Å². The normalized spacial score (nSPS) is 16.6. The van der Waals surface area contributed by atoms with Gasteiger partial charge in [-0.05, 0) is 36.4 Å². The van der Waals surface area contributed by atoms with Crippen LogP contribution in [0.4, 0.5) is 5.69 Å². The maximum absolute atomic E-state index is 11.4. The largest absolute Gasteiger partial charge is 0.289 e. The Balaban J connectivity index is 2.21. The van der Waals surface area contributed by atoms with Crippen molar-refractivity contribution in [2.75, 3.05) is 5.06 Å². The van der Waals surface area contributed by atoms with Crippen LogP contribution in [0.5, 0.6) is 0 Å². The van der Waals surface area contributed by atoms with E-state index in [1.807, 2.05) is 0 Å². The van der Waals surface area contributed by atoms with E-state index < -0.39 is 0 Å². The fourth-order valence-corrected chi connectivity index (χ4v) is 1.51. The minimum atomic E-state index is -0.138. The number of carbonyl (C=O) groups is 1. The highest BCUT2D eigenvalue weighted by Gasteiger charge is 2.08. The number of carbonyl (C=O) groups excluding carboxylic acids is 1. The molecule has 0 spiro atoms. The Labute approximate surface area is 104 Å². The summed E-state index contributed by atoms with van der Waals surface area (Å²) in [6.45, 7) is 0. The predicted octanol–water partition coefficient (Wildman–Crippen LogP) is 3.11. The average Bonchev–Trinajstić information content (AvgIpc) is 2.33. The van der Waals surface area contributed by atoms with Gasteiger partial charge in [-0.3, -0.25) is 10.0 Å². The van der Waals surface area contributed by atoms with Gasteiger partial charge in [-0.15, -0.1) is 0 Å². The second-order valence-electron chi connectivity index (χ2n) is 3.49. The van der Waals surface area contributed by atoms with Crippen LogP contribution >= 0.6 is 11.6 Å². The molecule has 0 saturated heterocycles. The lowest BCUT2D eigenvalue weighted by atomic mass is 10.1. The van der Waals surface area contributed by atoms with E-state index in [-0.39, 0.29) is 5.78 Å². The fraction of sp³-hybridized carbons (Fsp3) is 0. The minimum absolute atomic E-state index is 0.138. The summed E-state index contributed by atoms with van der Waals surface area (Å²) in [5.74, 6) is -0.138. The molecule has 0 saturated carbocycles. The number of benzene rings is 1. The van der Waals surface area contributed by atoms with Crippen molar-refractivity contribution in [2.24, 2.45) is 0 Å². The third kappa shape index (κ3) is 2.84. The molecule has 3 nitrogen and oxygen atoms in total. The molecule has 17 heavy (non-hydrogen) atoms. The molecule has 0 unspecified atom stereocenters. The highest BCUT2D eigenvalue weighted by Crippen LogP contribution is 2.18. The molecule has 4 heteroatoms. The Morgan fingerprint density at radius 3 is 2.41 bits per heavy atom. The second-order valence-corrected chi connectivity index (χ2v) is 3.92. The van der Waals surface area contributed by atoms with Gasteiger partial charge in [0, 0.05) is 16.8 Å². The van der Waals surface area contributed by atoms with Gasteiger partial charge in [-0.25, -0.2) is 5.06 Å². The number of ketones is 1. The summed E-state index contributed by atoms with van der Waals surface area (Å²) >= 11 is 5.74. The number of rotatable bonds is 2. The summed E-state index contributed by atoms with van der Waals surface area (Å²) in [4.78, 5) is 11.4. The van der Waals surface area contributed by atoms with Gasteiger partial charge in [0.2, 0.25) is 0 Å². The van der Waals surface area contributed by atoms with Crippen LogP contribution in [-0.4, -0.2) is 11.0 Å². The van der Waals surface area contributed by atoms with Crippen LogP contribution in [-0.2, 0) is 4.79 Å². The number of halogens is 1. The van der Waals surface area contributed by atoms with Gasteiger partial charge < -0.3 is 0 Å². The SMILES string of the molecule is O=C1C=CC=C/C1=C\N(O)c1ccc(Cl)cc1. The molecule has 1 aliphatic carbocycles. The Kier molecular flexibility index (Phi) is 3.42. The summed E-state index contributed by atoms with van der Waals surface area (Å²) < 4.78 is 0. The lowest BCUT2D eigenvalue weighted by molar-refractivity contribution is -0.111.